The van der Waals surface area contributed by atoms with Crippen LogP contribution in [0.15, 0.2) is 0 Å². The topological polar surface area (TPSA) is 20.2 Å². The summed E-state index contributed by atoms with van der Waals surface area (Å²) < 4.78 is 0. The maximum atomic E-state index is 11.0. The van der Waals surface area contributed by atoms with Crippen LogP contribution in [0.1, 0.15) is 72.1 Å². The van der Waals surface area contributed by atoms with E-state index in [0.29, 0.717) is 22.7 Å². The van der Waals surface area contributed by atoms with E-state index in [9.17, 15) is 5.11 Å². The summed E-state index contributed by atoms with van der Waals surface area (Å²) in [5.74, 6) is 1.21. The molecule has 17 heavy (non-hydrogen) atoms. The highest BCUT2D eigenvalue weighted by molar-refractivity contribution is 5.14. The van der Waals surface area contributed by atoms with E-state index in [1.165, 1.54) is 44.9 Å². The first-order valence-electron chi connectivity index (χ1n) is 7.74. The third kappa shape index (κ3) is 1.41. The van der Waals surface area contributed by atoms with Crippen molar-refractivity contribution in [3.05, 3.63) is 0 Å². The Morgan fingerprint density at radius 2 is 1.24 bits per heavy atom. The van der Waals surface area contributed by atoms with Crippen molar-refractivity contribution in [1.82, 2.24) is 0 Å². The summed E-state index contributed by atoms with van der Waals surface area (Å²) in [6.07, 6.45) is 10.3. The van der Waals surface area contributed by atoms with Crippen LogP contribution >= 0.6 is 0 Å². The molecule has 0 atom stereocenters. The van der Waals surface area contributed by atoms with Crippen LogP contribution in [0.4, 0.5) is 0 Å². The molecule has 0 amide bonds. The molecule has 4 bridgehead atoms. The minimum atomic E-state index is -0.308. The van der Waals surface area contributed by atoms with Crippen LogP contribution in [0.2, 0.25) is 0 Å². The lowest BCUT2D eigenvalue weighted by atomic mass is 9.39. The number of hydrogen-bond donors (Lipinski definition) is 1. The van der Waals surface area contributed by atoms with E-state index in [1.807, 2.05) is 0 Å². The minimum Gasteiger partial charge on any atom is -0.389 e. The van der Waals surface area contributed by atoms with E-state index < -0.39 is 0 Å². The normalized spacial score (nSPS) is 56.5. The molecule has 4 aliphatic carbocycles. The average molecular weight is 236 g/mol. The Morgan fingerprint density at radius 1 is 0.824 bits per heavy atom. The zero-order valence-corrected chi connectivity index (χ0v) is 11.8. The molecule has 0 unspecified atom stereocenters. The predicted molar refractivity (Wildman–Crippen MR) is 70.8 cm³/mol. The third-order valence-corrected chi connectivity index (χ3v) is 6.95. The highest BCUT2D eigenvalue weighted by Gasteiger charge is 2.64. The maximum Gasteiger partial charge on any atom is 0.0702 e. The summed E-state index contributed by atoms with van der Waals surface area (Å²) in [4.78, 5) is 0. The SMILES string of the molecule is CCC12CC3CC(CC)(CC(C1)C3(O)CC)C2. The van der Waals surface area contributed by atoms with Crippen molar-refractivity contribution < 1.29 is 5.11 Å². The molecule has 4 aliphatic rings. The van der Waals surface area contributed by atoms with E-state index in [2.05, 4.69) is 20.8 Å². The van der Waals surface area contributed by atoms with Gasteiger partial charge in [-0.15, -0.1) is 0 Å². The predicted octanol–water partition coefficient (Wildman–Crippen LogP) is 4.14. The molecule has 1 heteroatoms. The van der Waals surface area contributed by atoms with Crippen molar-refractivity contribution >= 4 is 0 Å². The largest absolute Gasteiger partial charge is 0.389 e. The Bertz CT molecular complexity index is 281. The van der Waals surface area contributed by atoms with Crippen molar-refractivity contribution in [2.24, 2.45) is 22.7 Å². The van der Waals surface area contributed by atoms with Crippen molar-refractivity contribution in [1.29, 1.82) is 0 Å². The second-order valence-electron chi connectivity index (χ2n) is 7.44. The second-order valence-corrected chi connectivity index (χ2v) is 7.44. The van der Waals surface area contributed by atoms with Crippen LogP contribution in [0, 0.1) is 22.7 Å². The molecule has 98 valence electrons. The molecule has 0 spiro atoms. The molecule has 4 saturated carbocycles. The lowest BCUT2D eigenvalue weighted by Gasteiger charge is -2.68. The standard InChI is InChI=1S/C16H28O/c1-4-14-7-12-9-15(5-2,11-14)10-13(8-14)16(12,17)6-3/h12-13,17H,4-11H2,1-3H3. The van der Waals surface area contributed by atoms with Crippen LogP contribution in [0.3, 0.4) is 0 Å². The molecule has 0 aliphatic heterocycles. The molecule has 0 aromatic rings. The van der Waals surface area contributed by atoms with Crippen LogP contribution in [0.25, 0.3) is 0 Å². The fourth-order valence-electron chi connectivity index (χ4n) is 5.93. The quantitative estimate of drug-likeness (QED) is 0.780. The molecular weight excluding hydrogens is 208 g/mol. The zero-order chi connectivity index (χ0) is 12.3. The summed E-state index contributed by atoms with van der Waals surface area (Å²) in [6, 6.07) is 0. The lowest BCUT2D eigenvalue weighted by Crippen LogP contribution is -2.63. The zero-order valence-electron chi connectivity index (χ0n) is 11.8. The van der Waals surface area contributed by atoms with Gasteiger partial charge in [-0.1, -0.05) is 33.6 Å². The van der Waals surface area contributed by atoms with Crippen molar-refractivity contribution in [3.63, 3.8) is 0 Å². The van der Waals surface area contributed by atoms with Gasteiger partial charge in [0.1, 0.15) is 0 Å². The van der Waals surface area contributed by atoms with Crippen molar-refractivity contribution in [2.75, 3.05) is 0 Å². The van der Waals surface area contributed by atoms with E-state index in [0.717, 1.165) is 6.42 Å². The molecular formula is C16H28O. The summed E-state index contributed by atoms with van der Waals surface area (Å²) >= 11 is 0. The number of hydrogen-bond acceptors (Lipinski definition) is 1. The Morgan fingerprint density at radius 3 is 1.53 bits per heavy atom. The fraction of sp³-hybridized carbons (Fsp3) is 1.00. The second kappa shape index (κ2) is 3.50. The van der Waals surface area contributed by atoms with Gasteiger partial charge in [-0.25, -0.2) is 0 Å². The highest BCUT2D eigenvalue weighted by atomic mass is 16.3. The maximum absolute atomic E-state index is 11.0. The Hall–Kier alpha value is -0.0400. The summed E-state index contributed by atoms with van der Waals surface area (Å²) in [7, 11) is 0. The van der Waals surface area contributed by atoms with Gasteiger partial charge in [-0.05, 0) is 61.2 Å². The van der Waals surface area contributed by atoms with E-state index in [-0.39, 0.29) is 5.60 Å². The monoisotopic (exact) mass is 236 g/mol. The Balaban J connectivity index is 1.99. The van der Waals surface area contributed by atoms with Gasteiger partial charge in [0.05, 0.1) is 5.60 Å². The van der Waals surface area contributed by atoms with Gasteiger partial charge in [0.15, 0.2) is 0 Å². The highest BCUT2D eigenvalue weighted by Crippen LogP contribution is 2.70. The Labute approximate surface area is 106 Å². The Kier molecular flexibility index (Phi) is 2.47. The van der Waals surface area contributed by atoms with Gasteiger partial charge in [-0.2, -0.15) is 0 Å². The molecule has 0 aromatic heterocycles. The van der Waals surface area contributed by atoms with Crippen molar-refractivity contribution in [2.45, 2.75) is 77.7 Å². The van der Waals surface area contributed by atoms with E-state index in [4.69, 9.17) is 0 Å². The lowest BCUT2D eigenvalue weighted by molar-refractivity contribution is -0.232. The molecule has 0 heterocycles. The first-order chi connectivity index (χ1) is 8.01. The van der Waals surface area contributed by atoms with Gasteiger partial charge >= 0.3 is 0 Å². The molecule has 0 aromatic carbocycles. The van der Waals surface area contributed by atoms with Crippen LogP contribution < -0.4 is 0 Å². The van der Waals surface area contributed by atoms with Gasteiger partial charge in [-0.3, -0.25) is 0 Å². The van der Waals surface area contributed by atoms with Crippen LogP contribution in [-0.2, 0) is 0 Å². The summed E-state index contributed by atoms with van der Waals surface area (Å²) in [5, 5.41) is 11.0. The third-order valence-electron chi connectivity index (χ3n) is 6.95. The molecule has 1 N–H and O–H groups in total. The first-order valence-corrected chi connectivity index (χ1v) is 7.74. The van der Waals surface area contributed by atoms with Crippen LogP contribution in [0.5, 0.6) is 0 Å². The molecule has 4 rings (SSSR count). The summed E-state index contributed by atoms with van der Waals surface area (Å²) in [5.41, 5.74) is 0.893. The van der Waals surface area contributed by atoms with E-state index in [1.54, 1.807) is 0 Å². The molecule has 1 nitrogen and oxygen atoms in total. The van der Waals surface area contributed by atoms with Crippen LogP contribution in [-0.4, -0.2) is 10.7 Å². The minimum absolute atomic E-state index is 0.308. The number of aliphatic hydroxyl groups is 1. The number of rotatable bonds is 3. The van der Waals surface area contributed by atoms with Crippen molar-refractivity contribution in [3.8, 4) is 0 Å². The molecule has 0 radical (unpaired) electrons. The van der Waals surface area contributed by atoms with Gasteiger partial charge in [0, 0.05) is 0 Å². The van der Waals surface area contributed by atoms with Gasteiger partial charge in [0.2, 0.25) is 0 Å². The molecule has 4 fully saturated rings. The first kappa shape index (κ1) is 12.0. The van der Waals surface area contributed by atoms with Gasteiger partial charge < -0.3 is 5.11 Å². The average Bonchev–Trinajstić information content (AvgIpc) is 2.35. The molecule has 0 saturated heterocycles. The smallest absolute Gasteiger partial charge is 0.0702 e. The summed E-state index contributed by atoms with van der Waals surface area (Å²) in [6.45, 7) is 6.95. The van der Waals surface area contributed by atoms with E-state index >= 15 is 0 Å². The van der Waals surface area contributed by atoms with Gasteiger partial charge in [0.25, 0.3) is 0 Å². The fourth-order valence-corrected chi connectivity index (χ4v) is 5.93.